The summed E-state index contributed by atoms with van der Waals surface area (Å²) in [5, 5.41) is 14.7. The molecule has 0 aliphatic heterocycles. The summed E-state index contributed by atoms with van der Waals surface area (Å²) in [5.74, 6) is 1.27. The predicted molar refractivity (Wildman–Crippen MR) is 120 cm³/mol. The van der Waals surface area contributed by atoms with Crippen LogP contribution in [0.5, 0.6) is 11.5 Å². The third-order valence-electron chi connectivity index (χ3n) is 4.67. The van der Waals surface area contributed by atoms with E-state index in [1.807, 2.05) is 48.0 Å². The Morgan fingerprint density at radius 1 is 1.00 bits per heavy atom. The summed E-state index contributed by atoms with van der Waals surface area (Å²) in [6.07, 6.45) is 1.75. The van der Waals surface area contributed by atoms with E-state index in [0.29, 0.717) is 18.2 Å². The van der Waals surface area contributed by atoms with Gasteiger partial charge in [0.05, 0.1) is 18.0 Å². The van der Waals surface area contributed by atoms with Gasteiger partial charge >= 0.3 is 0 Å². The minimum Gasteiger partial charge on any atom is -0.504 e. The SMILES string of the molecule is CCOc1cc(C=Nc2cc(-c3ccc(C)cc3)nn2-c2ccccc2)ccc1O. The number of benzene rings is 3. The first kappa shape index (κ1) is 19.5. The number of aliphatic imine (C=N–C) groups is 1. The van der Waals surface area contributed by atoms with Crippen LogP contribution in [0.1, 0.15) is 18.1 Å². The molecule has 0 aliphatic rings. The molecule has 0 bridgehead atoms. The molecule has 1 N–H and O–H groups in total. The average molecular weight is 397 g/mol. The Morgan fingerprint density at radius 2 is 1.77 bits per heavy atom. The first-order chi connectivity index (χ1) is 14.6. The summed E-state index contributed by atoms with van der Waals surface area (Å²) in [6.45, 7) is 4.43. The number of hydrogen-bond acceptors (Lipinski definition) is 4. The van der Waals surface area contributed by atoms with Gasteiger partial charge in [-0.3, -0.25) is 0 Å². The molecule has 0 unspecified atom stereocenters. The number of aromatic hydroxyl groups is 1. The summed E-state index contributed by atoms with van der Waals surface area (Å²) in [5.41, 5.74) is 4.86. The highest BCUT2D eigenvalue weighted by Gasteiger charge is 2.11. The first-order valence-electron chi connectivity index (χ1n) is 9.86. The quantitative estimate of drug-likeness (QED) is 0.424. The van der Waals surface area contributed by atoms with E-state index in [4.69, 9.17) is 9.84 Å². The molecule has 0 saturated heterocycles. The van der Waals surface area contributed by atoms with Crippen LogP contribution in [-0.2, 0) is 0 Å². The Labute approximate surface area is 175 Å². The Kier molecular flexibility index (Phi) is 5.61. The molecule has 0 radical (unpaired) electrons. The molecule has 0 saturated carbocycles. The van der Waals surface area contributed by atoms with Crippen molar-refractivity contribution in [2.75, 3.05) is 6.61 Å². The fourth-order valence-electron chi connectivity index (χ4n) is 3.11. The van der Waals surface area contributed by atoms with Crippen molar-refractivity contribution < 1.29 is 9.84 Å². The monoisotopic (exact) mass is 397 g/mol. The molecule has 30 heavy (non-hydrogen) atoms. The van der Waals surface area contributed by atoms with E-state index in [1.165, 1.54) is 5.56 Å². The Balaban J connectivity index is 1.73. The molecule has 4 rings (SSSR count). The zero-order valence-corrected chi connectivity index (χ0v) is 17.0. The second-order valence-corrected chi connectivity index (χ2v) is 6.92. The first-order valence-corrected chi connectivity index (χ1v) is 9.86. The van der Waals surface area contributed by atoms with E-state index in [2.05, 4.69) is 36.2 Å². The number of aromatic nitrogens is 2. The number of nitrogens with zero attached hydrogens (tertiary/aromatic N) is 3. The Hall–Kier alpha value is -3.86. The highest BCUT2D eigenvalue weighted by Crippen LogP contribution is 2.28. The lowest BCUT2D eigenvalue weighted by Gasteiger charge is -2.06. The highest BCUT2D eigenvalue weighted by atomic mass is 16.5. The van der Waals surface area contributed by atoms with Crippen molar-refractivity contribution in [2.24, 2.45) is 4.99 Å². The number of para-hydroxylation sites is 1. The topological polar surface area (TPSA) is 59.6 Å². The number of phenols is 1. The lowest BCUT2D eigenvalue weighted by Crippen LogP contribution is -1.96. The predicted octanol–water partition coefficient (Wildman–Crippen LogP) is 5.70. The largest absolute Gasteiger partial charge is 0.504 e. The zero-order chi connectivity index (χ0) is 20.9. The zero-order valence-electron chi connectivity index (χ0n) is 17.0. The van der Waals surface area contributed by atoms with Crippen molar-refractivity contribution in [1.29, 1.82) is 0 Å². The van der Waals surface area contributed by atoms with Gasteiger partial charge in [-0.2, -0.15) is 5.10 Å². The van der Waals surface area contributed by atoms with E-state index in [0.717, 1.165) is 22.5 Å². The van der Waals surface area contributed by atoms with Crippen LogP contribution >= 0.6 is 0 Å². The van der Waals surface area contributed by atoms with Gasteiger partial charge in [0.15, 0.2) is 17.3 Å². The molecule has 1 heterocycles. The van der Waals surface area contributed by atoms with Crippen molar-refractivity contribution in [1.82, 2.24) is 9.78 Å². The van der Waals surface area contributed by atoms with Gasteiger partial charge < -0.3 is 9.84 Å². The van der Waals surface area contributed by atoms with Gasteiger partial charge in [0.1, 0.15) is 0 Å². The molecule has 5 nitrogen and oxygen atoms in total. The third-order valence-corrected chi connectivity index (χ3v) is 4.67. The van der Waals surface area contributed by atoms with Crippen LogP contribution in [0.4, 0.5) is 5.82 Å². The van der Waals surface area contributed by atoms with Crippen LogP contribution in [-0.4, -0.2) is 27.7 Å². The molecule has 0 aliphatic carbocycles. The van der Waals surface area contributed by atoms with Gasteiger partial charge in [-0.05, 0) is 49.7 Å². The Bertz CT molecular complexity index is 1160. The minimum absolute atomic E-state index is 0.116. The van der Waals surface area contributed by atoms with Gasteiger partial charge in [0, 0.05) is 17.8 Å². The molecule has 1 aromatic heterocycles. The molecule has 5 heteroatoms. The Morgan fingerprint density at radius 3 is 2.50 bits per heavy atom. The van der Waals surface area contributed by atoms with Crippen LogP contribution in [0.15, 0.2) is 83.9 Å². The summed E-state index contributed by atoms with van der Waals surface area (Å²) in [7, 11) is 0. The second-order valence-electron chi connectivity index (χ2n) is 6.92. The third kappa shape index (κ3) is 4.25. The molecular weight excluding hydrogens is 374 g/mol. The molecule has 3 aromatic carbocycles. The average Bonchev–Trinajstić information content (AvgIpc) is 3.20. The fraction of sp³-hybridized carbons (Fsp3) is 0.120. The van der Waals surface area contributed by atoms with Gasteiger partial charge in [-0.25, -0.2) is 9.67 Å². The van der Waals surface area contributed by atoms with Crippen LogP contribution in [0.25, 0.3) is 16.9 Å². The number of phenolic OH excluding ortho intramolecular Hbond substituents is 1. The number of ether oxygens (including phenoxy) is 1. The van der Waals surface area contributed by atoms with E-state index in [1.54, 1.807) is 24.4 Å². The van der Waals surface area contributed by atoms with Crippen LogP contribution in [0.2, 0.25) is 0 Å². The van der Waals surface area contributed by atoms with Crippen LogP contribution in [0, 0.1) is 6.92 Å². The fourth-order valence-corrected chi connectivity index (χ4v) is 3.11. The normalized spacial score (nSPS) is 11.1. The molecule has 0 atom stereocenters. The minimum atomic E-state index is 0.116. The molecule has 0 spiro atoms. The number of hydrogen-bond donors (Lipinski definition) is 1. The molecule has 150 valence electrons. The van der Waals surface area contributed by atoms with Crippen molar-refractivity contribution in [3.8, 4) is 28.4 Å². The van der Waals surface area contributed by atoms with E-state index in [9.17, 15) is 5.11 Å². The van der Waals surface area contributed by atoms with E-state index < -0.39 is 0 Å². The maximum Gasteiger partial charge on any atom is 0.161 e. The van der Waals surface area contributed by atoms with Crippen LogP contribution < -0.4 is 4.74 Å². The van der Waals surface area contributed by atoms with Crippen molar-refractivity contribution >= 4 is 12.0 Å². The standard InChI is InChI=1S/C25H23N3O2/c1-3-30-24-15-19(11-14-23(24)29)17-26-25-16-22(20-12-9-18(2)10-13-20)27-28(25)21-7-5-4-6-8-21/h4-17,29H,3H2,1-2H3. The van der Waals surface area contributed by atoms with E-state index >= 15 is 0 Å². The smallest absolute Gasteiger partial charge is 0.161 e. The number of rotatable bonds is 6. The molecule has 4 aromatic rings. The number of aryl methyl sites for hydroxylation is 1. The summed E-state index contributed by atoms with van der Waals surface area (Å²) in [4.78, 5) is 4.69. The maximum absolute atomic E-state index is 9.91. The molecular formula is C25H23N3O2. The van der Waals surface area contributed by atoms with Crippen molar-refractivity contribution in [3.63, 3.8) is 0 Å². The summed E-state index contributed by atoms with van der Waals surface area (Å²) < 4.78 is 7.29. The molecule has 0 amide bonds. The summed E-state index contributed by atoms with van der Waals surface area (Å²) in [6, 6.07) is 25.4. The van der Waals surface area contributed by atoms with Crippen LogP contribution in [0.3, 0.4) is 0 Å². The second kappa shape index (κ2) is 8.66. The maximum atomic E-state index is 9.91. The van der Waals surface area contributed by atoms with Gasteiger partial charge in [-0.15, -0.1) is 0 Å². The summed E-state index contributed by atoms with van der Waals surface area (Å²) >= 11 is 0. The van der Waals surface area contributed by atoms with Gasteiger partial charge in [0.25, 0.3) is 0 Å². The lowest BCUT2D eigenvalue weighted by molar-refractivity contribution is 0.318. The van der Waals surface area contributed by atoms with Crippen molar-refractivity contribution in [3.05, 3.63) is 90.0 Å². The van der Waals surface area contributed by atoms with Crippen molar-refractivity contribution in [2.45, 2.75) is 13.8 Å². The lowest BCUT2D eigenvalue weighted by atomic mass is 10.1. The van der Waals surface area contributed by atoms with E-state index in [-0.39, 0.29) is 5.75 Å². The van der Waals surface area contributed by atoms with Gasteiger partial charge in [0.2, 0.25) is 0 Å². The van der Waals surface area contributed by atoms with Gasteiger partial charge in [-0.1, -0.05) is 48.0 Å². The molecule has 0 fully saturated rings. The highest BCUT2D eigenvalue weighted by molar-refractivity contribution is 5.83.